The average molecular weight is 258 g/mol. The lowest BCUT2D eigenvalue weighted by molar-refractivity contribution is -0.156. The van der Waals surface area contributed by atoms with Crippen LogP contribution in [0.25, 0.3) is 0 Å². The van der Waals surface area contributed by atoms with Crippen LogP contribution in [0.1, 0.15) is 26.3 Å². The molecular weight excluding hydrogens is 238 g/mol. The monoisotopic (exact) mass is 257 g/mol. The first kappa shape index (κ1) is 15.9. The lowest BCUT2D eigenvalue weighted by Gasteiger charge is -2.22. The average Bonchev–Trinajstić information content (AvgIpc) is 2.16. The third-order valence-corrected chi connectivity index (χ3v) is 2.01. The van der Waals surface area contributed by atoms with Crippen molar-refractivity contribution in [3.63, 3.8) is 0 Å². The topological polar surface area (TPSA) is 52.3 Å². The molecular formula is C13H20ClNO2. The van der Waals surface area contributed by atoms with E-state index in [2.05, 4.69) is 0 Å². The summed E-state index contributed by atoms with van der Waals surface area (Å²) >= 11 is 0. The van der Waals surface area contributed by atoms with E-state index in [1.54, 1.807) is 0 Å². The molecule has 0 unspecified atom stereocenters. The van der Waals surface area contributed by atoms with Crippen molar-refractivity contribution in [2.24, 2.45) is 5.73 Å². The van der Waals surface area contributed by atoms with E-state index in [4.69, 9.17) is 10.5 Å². The van der Waals surface area contributed by atoms with E-state index < -0.39 is 11.6 Å². The Kier molecular flexibility index (Phi) is 6.21. The number of hydrogen-bond donors (Lipinski definition) is 1. The van der Waals surface area contributed by atoms with Crippen molar-refractivity contribution in [1.82, 2.24) is 0 Å². The number of halogens is 1. The molecule has 3 nitrogen and oxygen atoms in total. The van der Waals surface area contributed by atoms with E-state index in [-0.39, 0.29) is 18.4 Å². The number of ether oxygens (including phenoxy) is 1. The van der Waals surface area contributed by atoms with E-state index in [0.29, 0.717) is 6.42 Å². The SMILES string of the molecule is CC(C)(C)OC(=O)[C@H](N)Cc1ccccc1.Cl. The molecule has 96 valence electrons. The fraction of sp³-hybridized carbons (Fsp3) is 0.462. The zero-order chi connectivity index (χ0) is 12.2. The number of benzene rings is 1. The Balaban J connectivity index is 0.00000256. The van der Waals surface area contributed by atoms with Gasteiger partial charge in [-0.25, -0.2) is 0 Å². The number of hydrogen-bond acceptors (Lipinski definition) is 3. The minimum atomic E-state index is -0.596. The summed E-state index contributed by atoms with van der Waals surface area (Å²) in [5.41, 5.74) is 6.34. The van der Waals surface area contributed by atoms with E-state index in [1.807, 2.05) is 51.1 Å². The van der Waals surface area contributed by atoms with Gasteiger partial charge in [-0.2, -0.15) is 0 Å². The summed E-state index contributed by atoms with van der Waals surface area (Å²) < 4.78 is 5.21. The highest BCUT2D eigenvalue weighted by atomic mass is 35.5. The molecule has 0 heterocycles. The van der Waals surface area contributed by atoms with Gasteiger partial charge in [-0.05, 0) is 32.8 Å². The van der Waals surface area contributed by atoms with Crippen molar-refractivity contribution < 1.29 is 9.53 Å². The van der Waals surface area contributed by atoms with Crippen molar-refractivity contribution in [3.8, 4) is 0 Å². The van der Waals surface area contributed by atoms with Crippen LogP contribution in [-0.2, 0) is 16.0 Å². The molecule has 0 aliphatic heterocycles. The maximum absolute atomic E-state index is 11.6. The Bertz CT molecular complexity index is 346. The molecule has 1 atom stereocenters. The Morgan fingerprint density at radius 3 is 2.29 bits per heavy atom. The van der Waals surface area contributed by atoms with Crippen LogP contribution in [0.3, 0.4) is 0 Å². The zero-order valence-electron chi connectivity index (χ0n) is 10.5. The molecule has 0 saturated carbocycles. The van der Waals surface area contributed by atoms with Gasteiger partial charge in [-0.15, -0.1) is 12.4 Å². The molecule has 17 heavy (non-hydrogen) atoms. The van der Waals surface area contributed by atoms with Crippen LogP contribution in [0.4, 0.5) is 0 Å². The van der Waals surface area contributed by atoms with Gasteiger partial charge in [-0.3, -0.25) is 4.79 Å². The smallest absolute Gasteiger partial charge is 0.323 e. The van der Waals surface area contributed by atoms with Gasteiger partial charge in [0, 0.05) is 0 Å². The summed E-state index contributed by atoms with van der Waals surface area (Å²) in [6.07, 6.45) is 0.510. The van der Waals surface area contributed by atoms with Gasteiger partial charge in [0.2, 0.25) is 0 Å². The molecule has 4 heteroatoms. The van der Waals surface area contributed by atoms with E-state index in [0.717, 1.165) is 5.56 Å². The van der Waals surface area contributed by atoms with Gasteiger partial charge in [0.15, 0.2) is 0 Å². The molecule has 1 aromatic carbocycles. The molecule has 0 aliphatic carbocycles. The summed E-state index contributed by atoms with van der Waals surface area (Å²) in [7, 11) is 0. The summed E-state index contributed by atoms with van der Waals surface area (Å²) in [6.45, 7) is 5.50. The van der Waals surface area contributed by atoms with Crippen LogP contribution in [0, 0.1) is 0 Å². The summed E-state index contributed by atoms with van der Waals surface area (Å²) in [5, 5.41) is 0. The molecule has 0 aliphatic rings. The number of esters is 1. The highest BCUT2D eigenvalue weighted by molar-refractivity contribution is 5.85. The van der Waals surface area contributed by atoms with Gasteiger partial charge in [0.25, 0.3) is 0 Å². The number of carbonyl (C=O) groups excluding carboxylic acids is 1. The third-order valence-electron chi connectivity index (χ3n) is 2.01. The van der Waals surface area contributed by atoms with E-state index in [1.165, 1.54) is 0 Å². The molecule has 0 spiro atoms. The number of rotatable bonds is 3. The molecule has 0 amide bonds. The first-order chi connectivity index (χ1) is 7.38. The molecule has 0 saturated heterocycles. The van der Waals surface area contributed by atoms with Crippen LogP contribution >= 0.6 is 12.4 Å². The van der Waals surface area contributed by atoms with E-state index in [9.17, 15) is 4.79 Å². The third kappa shape index (κ3) is 6.29. The van der Waals surface area contributed by atoms with Crippen molar-refractivity contribution in [2.45, 2.75) is 38.8 Å². The van der Waals surface area contributed by atoms with Crippen molar-refractivity contribution >= 4 is 18.4 Å². The predicted octanol–water partition coefficient (Wildman–Crippen LogP) is 2.32. The van der Waals surface area contributed by atoms with Gasteiger partial charge in [0.1, 0.15) is 11.6 Å². The lowest BCUT2D eigenvalue weighted by Crippen LogP contribution is -2.38. The second kappa shape index (κ2) is 6.62. The highest BCUT2D eigenvalue weighted by Crippen LogP contribution is 2.10. The largest absolute Gasteiger partial charge is 0.459 e. The first-order valence-corrected chi connectivity index (χ1v) is 5.41. The zero-order valence-corrected chi connectivity index (χ0v) is 11.3. The van der Waals surface area contributed by atoms with Gasteiger partial charge < -0.3 is 10.5 Å². The summed E-state index contributed by atoms with van der Waals surface area (Å²) in [6, 6.07) is 9.09. The van der Waals surface area contributed by atoms with Crippen LogP contribution in [0.5, 0.6) is 0 Å². The molecule has 0 fully saturated rings. The molecule has 1 rings (SSSR count). The highest BCUT2D eigenvalue weighted by Gasteiger charge is 2.22. The Labute approximate surface area is 109 Å². The fourth-order valence-corrected chi connectivity index (χ4v) is 1.33. The Morgan fingerprint density at radius 1 is 1.29 bits per heavy atom. The van der Waals surface area contributed by atoms with E-state index >= 15 is 0 Å². The quantitative estimate of drug-likeness (QED) is 0.846. The second-order valence-electron chi connectivity index (χ2n) is 4.83. The minimum Gasteiger partial charge on any atom is -0.459 e. The number of nitrogens with two attached hydrogens (primary N) is 1. The van der Waals surface area contributed by atoms with Crippen LogP contribution in [0.2, 0.25) is 0 Å². The van der Waals surface area contributed by atoms with Gasteiger partial charge in [0.05, 0.1) is 0 Å². The predicted molar refractivity (Wildman–Crippen MR) is 71.2 cm³/mol. The molecule has 0 radical (unpaired) electrons. The van der Waals surface area contributed by atoms with Gasteiger partial charge in [-0.1, -0.05) is 30.3 Å². The van der Waals surface area contributed by atoms with Crippen LogP contribution in [-0.4, -0.2) is 17.6 Å². The van der Waals surface area contributed by atoms with Crippen molar-refractivity contribution in [1.29, 1.82) is 0 Å². The maximum atomic E-state index is 11.6. The van der Waals surface area contributed by atoms with Crippen LogP contribution < -0.4 is 5.73 Å². The molecule has 1 aromatic rings. The molecule has 2 N–H and O–H groups in total. The molecule has 0 bridgehead atoms. The van der Waals surface area contributed by atoms with Crippen molar-refractivity contribution in [2.75, 3.05) is 0 Å². The Hall–Kier alpha value is -1.06. The second-order valence-corrected chi connectivity index (χ2v) is 4.83. The van der Waals surface area contributed by atoms with Gasteiger partial charge >= 0.3 is 5.97 Å². The summed E-state index contributed by atoms with van der Waals surface area (Å²) in [5.74, 6) is -0.351. The van der Waals surface area contributed by atoms with Crippen LogP contribution in [0.15, 0.2) is 30.3 Å². The number of carbonyl (C=O) groups is 1. The lowest BCUT2D eigenvalue weighted by atomic mass is 10.1. The first-order valence-electron chi connectivity index (χ1n) is 5.41. The normalized spacial score (nSPS) is 12.5. The van der Waals surface area contributed by atoms with Crippen molar-refractivity contribution in [3.05, 3.63) is 35.9 Å². The maximum Gasteiger partial charge on any atom is 0.323 e. The minimum absolute atomic E-state index is 0. The standard InChI is InChI=1S/C13H19NO2.ClH/c1-13(2,3)16-12(15)11(14)9-10-7-5-4-6-8-10;/h4-8,11H,9,14H2,1-3H3;1H/t11-;/m1./s1. The molecule has 0 aromatic heterocycles. The summed E-state index contributed by atoms with van der Waals surface area (Å²) in [4.78, 5) is 11.6. The Morgan fingerprint density at radius 2 is 1.82 bits per heavy atom. The fourth-order valence-electron chi connectivity index (χ4n) is 1.33.